The Morgan fingerprint density at radius 2 is 2.29 bits per heavy atom. The Balaban J connectivity index is 1.93. The lowest BCUT2D eigenvalue weighted by atomic mass is 10.00. The van der Waals surface area contributed by atoms with Crippen molar-refractivity contribution in [1.82, 2.24) is 10.5 Å². The minimum Gasteiger partial charge on any atom is -0.361 e. The summed E-state index contributed by atoms with van der Waals surface area (Å²) in [6.07, 6.45) is 4.94. The molecule has 76 valence electrons. The zero-order valence-corrected chi connectivity index (χ0v) is 8.55. The van der Waals surface area contributed by atoms with Gasteiger partial charge in [0.1, 0.15) is 5.76 Å². The van der Waals surface area contributed by atoms with Crippen molar-refractivity contribution >= 4 is 0 Å². The van der Waals surface area contributed by atoms with Crippen molar-refractivity contribution < 1.29 is 4.52 Å². The first-order valence-electron chi connectivity index (χ1n) is 5.53. The van der Waals surface area contributed by atoms with Crippen molar-refractivity contribution in [2.24, 2.45) is 0 Å². The topological polar surface area (TPSA) is 38.1 Å². The maximum atomic E-state index is 5.41. The fourth-order valence-electron chi connectivity index (χ4n) is 2.51. The molecule has 1 heterocycles. The molecular weight excluding hydrogens is 176 g/mol. The number of fused-ring (bicyclic) bond motifs is 1. The molecule has 0 saturated heterocycles. The minimum absolute atomic E-state index is 0.650. The second-order valence-corrected chi connectivity index (χ2v) is 4.47. The molecule has 1 unspecified atom stereocenters. The van der Waals surface area contributed by atoms with E-state index in [2.05, 4.69) is 10.5 Å². The van der Waals surface area contributed by atoms with E-state index in [1.807, 2.05) is 7.05 Å². The molecule has 3 heteroatoms. The molecule has 1 aromatic rings. The second-order valence-electron chi connectivity index (χ2n) is 4.47. The molecule has 1 saturated carbocycles. The number of aromatic nitrogens is 1. The number of nitrogens with one attached hydrogen (secondary N) is 1. The Hall–Kier alpha value is -0.830. The van der Waals surface area contributed by atoms with Crippen molar-refractivity contribution in [1.29, 1.82) is 0 Å². The first-order valence-corrected chi connectivity index (χ1v) is 5.53. The fourth-order valence-corrected chi connectivity index (χ4v) is 2.51. The summed E-state index contributed by atoms with van der Waals surface area (Å²) >= 11 is 0. The summed E-state index contributed by atoms with van der Waals surface area (Å²) in [5, 5.41) is 7.49. The first-order chi connectivity index (χ1) is 6.90. The van der Waals surface area contributed by atoms with Crippen LogP contribution in [0, 0.1) is 0 Å². The van der Waals surface area contributed by atoms with Crippen LogP contribution in [0.1, 0.15) is 48.1 Å². The standard InChI is InChI=1S/C11H16N2O/c1-12-6-8-4-5-9-10(8)11(13-14-9)7-2-3-7/h7-8,12H,2-6H2,1H3. The molecule has 14 heavy (non-hydrogen) atoms. The third-order valence-corrected chi connectivity index (χ3v) is 3.37. The lowest BCUT2D eigenvalue weighted by Gasteiger charge is -2.09. The highest BCUT2D eigenvalue weighted by Gasteiger charge is 2.36. The Kier molecular flexibility index (Phi) is 1.87. The smallest absolute Gasteiger partial charge is 0.140 e. The Bertz CT molecular complexity index is 341. The molecule has 0 radical (unpaired) electrons. The molecule has 0 bridgehead atoms. The predicted molar refractivity (Wildman–Crippen MR) is 53.5 cm³/mol. The molecule has 1 aromatic heterocycles. The molecule has 0 aromatic carbocycles. The summed E-state index contributed by atoms with van der Waals surface area (Å²) in [5.74, 6) is 2.53. The van der Waals surface area contributed by atoms with Crippen LogP contribution < -0.4 is 5.32 Å². The number of nitrogens with zero attached hydrogens (tertiary/aromatic N) is 1. The SMILES string of the molecule is CNCC1CCc2onc(C3CC3)c21. The van der Waals surface area contributed by atoms with Gasteiger partial charge in [0, 0.05) is 30.4 Å². The summed E-state index contributed by atoms with van der Waals surface area (Å²) < 4.78 is 5.41. The van der Waals surface area contributed by atoms with Gasteiger partial charge in [-0.25, -0.2) is 0 Å². The molecule has 1 fully saturated rings. The fraction of sp³-hybridized carbons (Fsp3) is 0.727. The average Bonchev–Trinajstić information content (AvgIpc) is 2.81. The van der Waals surface area contributed by atoms with Crippen LogP contribution in [-0.4, -0.2) is 18.7 Å². The summed E-state index contributed by atoms with van der Waals surface area (Å²) in [7, 11) is 2.02. The molecule has 1 atom stereocenters. The first kappa shape index (κ1) is 8.48. The van der Waals surface area contributed by atoms with Gasteiger partial charge in [-0.3, -0.25) is 0 Å². The number of rotatable bonds is 3. The van der Waals surface area contributed by atoms with Crippen molar-refractivity contribution in [3.05, 3.63) is 17.0 Å². The second kappa shape index (κ2) is 3.09. The van der Waals surface area contributed by atoms with Crippen LogP contribution in [-0.2, 0) is 6.42 Å². The third-order valence-electron chi connectivity index (χ3n) is 3.37. The van der Waals surface area contributed by atoms with E-state index in [1.54, 1.807) is 0 Å². The minimum atomic E-state index is 0.650. The van der Waals surface area contributed by atoms with Gasteiger partial charge in [-0.05, 0) is 26.3 Å². The number of hydrogen-bond acceptors (Lipinski definition) is 3. The van der Waals surface area contributed by atoms with Crippen molar-refractivity contribution in [2.45, 2.75) is 37.5 Å². The molecule has 1 N–H and O–H groups in total. The van der Waals surface area contributed by atoms with Crippen LogP contribution in [0.4, 0.5) is 0 Å². The quantitative estimate of drug-likeness (QED) is 0.793. The molecule has 3 rings (SSSR count). The van der Waals surface area contributed by atoms with E-state index in [0.717, 1.165) is 24.6 Å². The molecule has 2 aliphatic carbocycles. The monoisotopic (exact) mass is 192 g/mol. The van der Waals surface area contributed by atoms with Crippen LogP contribution in [0.5, 0.6) is 0 Å². The normalized spacial score (nSPS) is 25.4. The van der Waals surface area contributed by atoms with Gasteiger partial charge in [0.25, 0.3) is 0 Å². The van der Waals surface area contributed by atoms with E-state index in [9.17, 15) is 0 Å². The number of likely N-dealkylation sites (N-methyl/N-ethyl adjacent to an activating group) is 1. The van der Waals surface area contributed by atoms with E-state index in [1.165, 1.54) is 30.5 Å². The Labute approximate surface area is 83.9 Å². The summed E-state index contributed by atoms with van der Waals surface area (Å²) in [5.41, 5.74) is 2.72. The van der Waals surface area contributed by atoms with Crippen LogP contribution in [0.2, 0.25) is 0 Å². The zero-order valence-electron chi connectivity index (χ0n) is 8.55. The number of hydrogen-bond donors (Lipinski definition) is 1. The molecule has 2 aliphatic rings. The van der Waals surface area contributed by atoms with Crippen molar-refractivity contribution in [3.63, 3.8) is 0 Å². The van der Waals surface area contributed by atoms with Gasteiger partial charge in [-0.1, -0.05) is 5.16 Å². The summed E-state index contributed by atoms with van der Waals surface area (Å²) in [6.45, 7) is 1.06. The van der Waals surface area contributed by atoms with Gasteiger partial charge < -0.3 is 9.84 Å². The van der Waals surface area contributed by atoms with E-state index in [4.69, 9.17) is 4.52 Å². The highest BCUT2D eigenvalue weighted by atomic mass is 16.5. The summed E-state index contributed by atoms with van der Waals surface area (Å²) in [6, 6.07) is 0. The average molecular weight is 192 g/mol. The third kappa shape index (κ3) is 1.19. The van der Waals surface area contributed by atoms with Crippen LogP contribution in [0.25, 0.3) is 0 Å². The molecule has 0 spiro atoms. The molecular formula is C11H16N2O. The van der Waals surface area contributed by atoms with Crippen LogP contribution in [0.3, 0.4) is 0 Å². The lowest BCUT2D eigenvalue weighted by Crippen LogP contribution is -2.15. The molecule has 3 nitrogen and oxygen atoms in total. The van der Waals surface area contributed by atoms with Crippen molar-refractivity contribution in [2.75, 3.05) is 13.6 Å². The zero-order chi connectivity index (χ0) is 9.54. The maximum Gasteiger partial charge on any atom is 0.140 e. The van der Waals surface area contributed by atoms with Crippen LogP contribution >= 0.6 is 0 Å². The highest BCUT2D eigenvalue weighted by molar-refractivity contribution is 5.36. The van der Waals surface area contributed by atoms with E-state index < -0.39 is 0 Å². The summed E-state index contributed by atoms with van der Waals surface area (Å²) in [4.78, 5) is 0. The predicted octanol–water partition coefficient (Wildman–Crippen LogP) is 1.80. The maximum absolute atomic E-state index is 5.41. The van der Waals surface area contributed by atoms with E-state index in [-0.39, 0.29) is 0 Å². The highest BCUT2D eigenvalue weighted by Crippen LogP contribution is 2.46. The van der Waals surface area contributed by atoms with Crippen molar-refractivity contribution in [3.8, 4) is 0 Å². The molecule has 0 aliphatic heterocycles. The molecule has 0 amide bonds. The lowest BCUT2D eigenvalue weighted by molar-refractivity contribution is 0.378. The Morgan fingerprint density at radius 1 is 1.43 bits per heavy atom. The largest absolute Gasteiger partial charge is 0.361 e. The Morgan fingerprint density at radius 3 is 3.00 bits per heavy atom. The number of aryl methyl sites for hydroxylation is 1. The van der Waals surface area contributed by atoms with Crippen LogP contribution in [0.15, 0.2) is 4.52 Å². The van der Waals surface area contributed by atoms with Gasteiger partial charge in [-0.15, -0.1) is 0 Å². The van der Waals surface area contributed by atoms with Gasteiger partial charge in [-0.2, -0.15) is 0 Å². The van der Waals surface area contributed by atoms with Gasteiger partial charge in [0.2, 0.25) is 0 Å². The van der Waals surface area contributed by atoms with Gasteiger partial charge >= 0.3 is 0 Å². The van der Waals surface area contributed by atoms with Gasteiger partial charge in [0.05, 0.1) is 5.69 Å². The van der Waals surface area contributed by atoms with E-state index >= 15 is 0 Å². The van der Waals surface area contributed by atoms with E-state index in [0.29, 0.717) is 5.92 Å². The van der Waals surface area contributed by atoms with Gasteiger partial charge in [0.15, 0.2) is 0 Å².